The number of carbonyl (C=O) groups excluding carboxylic acids is 1. The largest absolute Gasteiger partial charge is 0.377 e. The molecule has 0 saturated carbocycles. The Hall–Kier alpha value is -1.62. The van der Waals surface area contributed by atoms with Crippen molar-refractivity contribution >= 4 is 11.6 Å². The Bertz CT molecular complexity index is 510. The highest BCUT2D eigenvalue weighted by molar-refractivity contribution is 5.92. The molecule has 0 radical (unpaired) electrons. The molecule has 104 valence electrons. The molecule has 5 nitrogen and oxygen atoms in total. The Morgan fingerprint density at radius 1 is 1.58 bits per heavy atom. The highest BCUT2D eigenvalue weighted by Crippen LogP contribution is 2.24. The fourth-order valence-electron chi connectivity index (χ4n) is 2.46. The molecule has 2 unspecified atom stereocenters. The Morgan fingerprint density at radius 2 is 2.37 bits per heavy atom. The van der Waals surface area contributed by atoms with E-state index in [2.05, 4.69) is 5.32 Å². The van der Waals surface area contributed by atoms with Crippen molar-refractivity contribution < 1.29 is 9.53 Å². The van der Waals surface area contributed by atoms with E-state index in [9.17, 15) is 9.59 Å². The van der Waals surface area contributed by atoms with E-state index in [0.717, 1.165) is 25.9 Å². The molecule has 19 heavy (non-hydrogen) atoms. The molecule has 0 aromatic carbocycles. The molecule has 0 spiro atoms. The summed E-state index contributed by atoms with van der Waals surface area (Å²) in [6, 6.07) is 3.37. The summed E-state index contributed by atoms with van der Waals surface area (Å²) in [5, 5.41) is 2.73. The van der Waals surface area contributed by atoms with E-state index < -0.39 is 0 Å². The van der Waals surface area contributed by atoms with Crippen molar-refractivity contribution in [1.82, 2.24) is 4.57 Å². The van der Waals surface area contributed by atoms with Gasteiger partial charge >= 0.3 is 0 Å². The predicted octanol–water partition coefficient (Wildman–Crippen LogP) is 1.53. The number of carbonyl (C=O) groups is 1. The van der Waals surface area contributed by atoms with Gasteiger partial charge < -0.3 is 14.6 Å². The zero-order chi connectivity index (χ0) is 13.8. The van der Waals surface area contributed by atoms with Crippen molar-refractivity contribution in [3.05, 3.63) is 28.7 Å². The first-order chi connectivity index (χ1) is 9.13. The Balaban J connectivity index is 2.12. The summed E-state index contributed by atoms with van der Waals surface area (Å²) < 4.78 is 7.06. The first-order valence-electron chi connectivity index (χ1n) is 6.71. The molecule has 2 rings (SSSR count). The van der Waals surface area contributed by atoms with Crippen LogP contribution in [0.15, 0.2) is 23.1 Å². The highest BCUT2D eigenvalue weighted by Gasteiger charge is 2.30. The minimum atomic E-state index is -0.194. The zero-order valence-electron chi connectivity index (χ0n) is 11.4. The maximum Gasteiger partial charge on any atom is 0.274 e. The Kier molecular flexibility index (Phi) is 4.37. The molecule has 1 aromatic rings. The van der Waals surface area contributed by atoms with Gasteiger partial charge in [0.15, 0.2) is 0 Å². The van der Waals surface area contributed by atoms with Crippen LogP contribution < -0.4 is 10.9 Å². The number of nitrogens with one attached hydrogen (secondary N) is 1. The molecular weight excluding hydrogens is 244 g/mol. The Morgan fingerprint density at radius 3 is 3.11 bits per heavy atom. The van der Waals surface area contributed by atoms with Crippen molar-refractivity contribution in [1.29, 1.82) is 0 Å². The van der Waals surface area contributed by atoms with Crippen LogP contribution in [-0.4, -0.2) is 23.2 Å². The fourth-order valence-corrected chi connectivity index (χ4v) is 2.46. The van der Waals surface area contributed by atoms with Crippen molar-refractivity contribution in [2.24, 2.45) is 13.0 Å². The molecule has 1 aromatic heterocycles. The predicted molar refractivity (Wildman–Crippen MR) is 73.1 cm³/mol. The average Bonchev–Trinajstić information content (AvgIpc) is 2.43. The molecule has 1 fully saturated rings. The number of hydrogen-bond acceptors (Lipinski definition) is 3. The number of nitrogens with zero attached hydrogens (tertiary/aromatic N) is 1. The van der Waals surface area contributed by atoms with E-state index in [4.69, 9.17) is 4.74 Å². The maximum atomic E-state index is 12.3. The third kappa shape index (κ3) is 3.04. The van der Waals surface area contributed by atoms with E-state index in [1.54, 1.807) is 25.4 Å². The number of amides is 1. The van der Waals surface area contributed by atoms with Gasteiger partial charge in [0.25, 0.3) is 5.56 Å². The summed E-state index contributed by atoms with van der Waals surface area (Å²) in [4.78, 5) is 24.1. The van der Waals surface area contributed by atoms with Crippen LogP contribution in [0.25, 0.3) is 0 Å². The number of ether oxygens (including phenoxy) is 1. The molecule has 5 heteroatoms. The van der Waals surface area contributed by atoms with Crippen molar-refractivity contribution in [2.45, 2.75) is 32.3 Å². The summed E-state index contributed by atoms with van der Waals surface area (Å²) in [7, 11) is 1.66. The van der Waals surface area contributed by atoms with E-state index in [-0.39, 0.29) is 23.5 Å². The summed E-state index contributed by atoms with van der Waals surface area (Å²) in [6.07, 6.45) is 4.14. The molecule has 1 amide bonds. The van der Waals surface area contributed by atoms with Gasteiger partial charge in [-0.3, -0.25) is 9.59 Å². The van der Waals surface area contributed by atoms with Crippen LogP contribution in [0.4, 0.5) is 5.69 Å². The van der Waals surface area contributed by atoms with Gasteiger partial charge in [-0.1, -0.05) is 6.92 Å². The van der Waals surface area contributed by atoms with Crippen LogP contribution >= 0.6 is 0 Å². The minimum Gasteiger partial charge on any atom is -0.377 e. The molecule has 2 atom stereocenters. The maximum absolute atomic E-state index is 12.3. The summed E-state index contributed by atoms with van der Waals surface area (Å²) in [5.74, 6) is -0.279. The second kappa shape index (κ2) is 6.02. The number of hydrogen-bond donors (Lipinski definition) is 1. The molecule has 0 bridgehead atoms. The first kappa shape index (κ1) is 13.8. The molecule has 1 aliphatic heterocycles. The lowest BCUT2D eigenvalue weighted by Crippen LogP contribution is -2.39. The molecule has 0 aliphatic carbocycles. The van der Waals surface area contributed by atoms with Gasteiger partial charge in [-0.2, -0.15) is 0 Å². The van der Waals surface area contributed by atoms with Gasteiger partial charge in [-0.15, -0.1) is 0 Å². The smallest absolute Gasteiger partial charge is 0.274 e. The quantitative estimate of drug-likeness (QED) is 0.900. The third-order valence-corrected chi connectivity index (χ3v) is 3.56. The number of pyridine rings is 1. The lowest BCUT2D eigenvalue weighted by molar-refractivity contribution is -0.129. The van der Waals surface area contributed by atoms with Crippen LogP contribution in [0, 0.1) is 5.92 Å². The van der Waals surface area contributed by atoms with Crippen molar-refractivity contribution in [3.63, 3.8) is 0 Å². The molecule has 2 heterocycles. The first-order valence-corrected chi connectivity index (χ1v) is 6.71. The van der Waals surface area contributed by atoms with Crippen LogP contribution in [0.5, 0.6) is 0 Å². The van der Waals surface area contributed by atoms with Crippen molar-refractivity contribution in [2.75, 3.05) is 11.9 Å². The molecule has 1 N–H and O–H groups in total. The summed E-state index contributed by atoms with van der Waals surface area (Å²) in [5.41, 5.74) is 0.135. The zero-order valence-corrected chi connectivity index (χ0v) is 11.4. The van der Waals surface area contributed by atoms with Crippen LogP contribution in [0.3, 0.4) is 0 Å². The average molecular weight is 264 g/mol. The van der Waals surface area contributed by atoms with Crippen LogP contribution in [0.2, 0.25) is 0 Å². The van der Waals surface area contributed by atoms with Gasteiger partial charge in [0, 0.05) is 19.9 Å². The van der Waals surface area contributed by atoms with Gasteiger partial charge in [0.05, 0.1) is 12.0 Å². The number of rotatable bonds is 3. The number of anilines is 1. The molecule has 1 aliphatic rings. The van der Waals surface area contributed by atoms with Gasteiger partial charge in [-0.25, -0.2) is 0 Å². The summed E-state index contributed by atoms with van der Waals surface area (Å²) in [6.45, 7) is 2.73. The van der Waals surface area contributed by atoms with Gasteiger partial charge in [0.2, 0.25) is 5.91 Å². The fraction of sp³-hybridized carbons (Fsp3) is 0.571. The normalized spacial score (nSPS) is 23.1. The monoisotopic (exact) mass is 264 g/mol. The van der Waals surface area contributed by atoms with E-state index in [0.29, 0.717) is 5.69 Å². The third-order valence-electron chi connectivity index (χ3n) is 3.56. The highest BCUT2D eigenvalue weighted by atomic mass is 16.5. The van der Waals surface area contributed by atoms with Crippen LogP contribution in [0.1, 0.15) is 26.2 Å². The van der Waals surface area contributed by atoms with E-state index >= 15 is 0 Å². The lowest BCUT2D eigenvalue weighted by atomic mass is 9.92. The lowest BCUT2D eigenvalue weighted by Gasteiger charge is -2.29. The molecular formula is C14H20N2O3. The van der Waals surface area contributed by atoms with Gasteiger partial charge in [0.1, 0.15) is 5.69 Å². The number of aryl methyl sites for hydroxylation is 1. The second-order valence-corrected chi connectivity index (χ2v) is 4.89. The van der Waals surface area contributed by atoms with Crippen molar-refractivity contribution in [3.8, 4) is 0 Å². The minimum absolute atomic E-state index is 0.0404. The van der Waals surface area contributed by atoms with Gasteiger partial charge in [-0.05, 0) is 31.4 Å². The van der Waals surface area contributed by atoms with E-state index in [1.807, 2.05) is 6.92 Å². The van der Waals surface area contributed by atoms with Crippen LogP contribution in [-0.2, 0) is 16.6 Å². The number of aromatic nitrogens is 1. The topological polar surface area (TPSA) is 60.3 Å². The second-order valence-electron chi connectivity index (χ2n) is 4.89. The summed E-state index contributed by atoms with van der Waals surface area (Å²) >= 11 is 0. The van der Waals surface area contributed by atoms with E-state index in [1.165, 1.54) is 4.57 Å². The standard InChI is InChI=1S/C14H20N2O3/c1-3-12-10(6-5-9-19-12)13(17)15-11-7-4-8-16(2)14(11)18/h4,7-8,10,12H,3,5-6,9H2,1-2H3,(H,15,17). The molecule has 1 saturated heterocycles. The SMILES string of the molecule is CCC1OCCCC1C(=O)Nc1cccn(C)c1=O. The Labute approximate surface area is 112 Å².